The van der Waals surface area contributed by atoms with Crippen LogP contribution in [0.1, 0.15) is 24.5 Å². The molecule has 1 heterocycles. The highest BCUT2D eigenvalue weighted by Crippen LogP contribution is 2.37. The second kappa shape index (κ2) is 14.3. The van der Waals surface area contributed by atoms with Gasteiger partial charge in [0.05, 0.1) is 11.4 Å². The van der Waals surface area contributed by atoms with Crippen LogP contribution in [-0.2, 0) is 9.53 Å². The number of aromatic hydroxyl groups is 1. The number of fused-ring (bicyclic) bond motifs is 1. The van der Waals surface area contributed by atoms with E-state index in [1.54, 1.807) is 72.8 Å². The Morgan fingerprint density at radius 2 is 1.73 bits per heavy atom. The van der Waals surface area contributed by atoms with Gasteiger partial charge in [0.25, 0.3) is 0 Å². The molecule has 0 fully saturated rings. The predicted molar refractivity (Wildman–Crippen MR) is 170 cm³/mol. The van der Waals surface area contributed by atoms with Crippen LogP contribution in [-0.4, -0.2) is 30.0 Å². The molecule has 10 nitrogen and oxygen atoms in total. The summed E-state index contributed by atoms with van der Waals surface area (Å²) in [6, 6.07) is 25.9. The van der Waals surface area contributed by atoms with Crippen molar-refractivity contribution >= 4 is 45.0 Å². The third-order valence-corrected chi connectivity index (χ3v) is 7.12. The number of para-hydroxylation sites is 3. The van der Waals surface area contributed by atoms with Gasteiger partial charge in [0.2, 0.25) is 12.7 Å². The average molecular weight is 661 g/mol. The van der Waals surface area contributed by atoms with Crippen LogP contribution in [0.15, 0.2) is 108 Å². The Bertz CT molecular complexity index is 1650. The predicted octanol–water partition coefficient (Wildman–Crippen LogP) is 7.18. The fourth-order valence-corrected chi connectivity index (χ4v) is 4.89. The van der Waals surface area contributed by atoms with Gasteiger partial charge in [-0.2, -0.15) is 0 Å². The van der Waals surface area contributed by atoms with Crippen LogP contribution in [0, 0.1) is 0 Å². The highest BCUT2D eigenvalue weighted by molar-refractivity contribution is 9.10. The molecule has 226 valence electrons. The van der Waals surface area contributed by atoms with Gasteiger partial charge in [0.1, 0.15) is 17.6 Å². The number of carbonyl (C=O) groups is 2. The molecule has 1 aliphatic heterocycles. The molecule has 0 unspecified atom stereocenters. The lowest BCUT2D eigenvalue weighted by atomic mass is 9.99. The molecule has 0 aliphatic carbocycles. The molecule has 4 aromatic rings. The molecule has 5 N–H and O–H groups in total. The van der Waals surface area contributed by atoms with E-state index in [2.05, 4.69) is 26.6 Å². The Labute approximate surface area is 262 Å². The molecule has 44 heavy (non-hydrogen) atoms. The largest absolute Gasteiger partial charge is 0.508 e. The summed E-state index contributed by atoms with van der Waals surface area (Å²) in [5.74, 6) is 1.19. The number of amides is 2. The van der Waals surface area contributed by atoms with Crippen LogP contribution in [0.4, 0.5) is 21.9 Å². The van der Waals surface area contributed by atoms with Gasteiger partial charge in [-0.05, 0) is 73.5 Å². The minimum Gasteiger partial charge on any atom is -0.508 e. The van der Waals surface area contributed by atoms with Crippen LogP contribution in [0.3, 0.4) is 0 Å². The Balaban J connectivity index is 1.36. The van der Waals surface area contributed by atoms with E-state index in [-0.39, 0.29) is 18.4 Å². The number of benzene rings is 4. The van der Waals surface area contributed by atoms with Crippen molar-refractivity contribution in [1.29, 1.82) is 0 Å². The zero-order valence-corrected chi connectivity index (χ0v) is 25.0. The number of phenols is 1. The lowest BCUT2D eigenvalue weighted by molar-refractivity contribution is -0.111. The first kappa shape index (κ1) is 30.3. The highest BCUT2D eigenvalue weighted by atomic mass is 79.9. The van der Waals surface area contributed by atoms with Gasteiger partial charge in [0, 0.05) is 21.8 Å². The molecule has 0 aromatic heterocycles. The van der Waals surface area contributed by atoms with Gasteiger partial charge in [-0.25, -0.2) is 4.79 Å². The van der Waals surface area contributed by atoms with Crippen molar-refractivity contribution in [2.45, 2.75) is 25.0 Å². The van der Waals surface area contributed by atoms with Crippen molar-refractivity contribution in [3.63, 3.8) is 0 Å². The van der Waals surface area contributed by atoms with E-state index in [1.165, 1.54) is 12.1 Å². The van der Waals surface area contributed by atoms with Gasteiger partial charge in [-0.3, -0.25) is 10.1 Å². The van der Waals surface area contributed by atoms with Crippen LogP contribution in [0.5, 0.6) is 23.0 Å². The first-order valence-corrected chi connectivity index (χ1v) is 14.5. The van der Waals surface area contributed by atoms with Crippen molar-refractivity contribution in [2.75, 3.05) is 23.2 Å². The van der Waals surface area contributed by atoms with E-state index >= 15 is 0 Å². The van der Waals surface area contributed by atoms with Gasteiger partial charge in [0.15, 0.2) is 17.6 Å². The number of nitrogens with two attached hydrogens (primary N) is 1. The van der Waals surface area contributed by atoms with E-state index in [9.17, 15) is 14.7 Å². The second-order valence-corrected chi connectivity index (χ2v) is 10.7. The van der Waals surface area contributed by atoms with E-state index in [4.69, 9.17) is 24.7 Å². The number of allylic oxidation sites excluding steroid dienone is 1. The smallest absolute Gasteiger partial charge is 0.412 e. The second-order valence-electron chi connectivity index (χ2n) is 9.75. The SMILES string of the molecule is Nc1ccccc1NC(=O)/C=C/CC[C@H](Oc1ccccc1)[C@@H](OC(=O)Nc1ccc2c(c1)OCO2)c1cc(Br)ccc1O. The molecule has 11 heteroatoms. The van der Waals surface area contributed by atoms with Crippen molar-refractivity contribution in [1.82, 2.24) is 0 Å². The van der Waals surface area contributed by atoms with Crippen LogP contribution in [0.2, 0.25) is 0 Å². The minimum absolute atomic E-state index is 0.0777. The summed E-state index contributed by atoms with van der Waals surface area (Å²) in [7, 11) is 0. The van der Waals surface area contributed by atoms with Crippen molar-refractivity contribution in [2.24, 2.45) is 0 Å². The van der Waals surface area contributed by atoms with Gasteiger partial charge in [-0.1, -0.05) is 52.3 Å². The fourth-order valence-electron chi connectivity index (χ4n) is 4.51. The summed E-state index contributed by atoms with van der Waals surface area (Å²) >= 11 is 3.44. The normalized spacial score (nSPS) is 13.2. The summed E-state index contributed by atoms with van der Waals surface area (Å²) < 4.78 is 23.7. The Hall–Kier alpha value is -5.16. The lowest BCUT2D eigenvalue weighted by Gasteiger charge is -2.28. The molecule has 0 radical (unpaired) electrons. The van der Waals surface area contributed by atoms with Gasteiger partial charge >= 0.3 is 6.09 Å². The third kappa shape index (κ3) is 8.01. The lowest BCUT2D eigenvalue weighted by Crippen LogP contribution is -2.31. The maximum absolute atomic E-state index is 13.2. The highest BCUT2D eigenvalue weighted by Gasteiger charge is 2.31. The van der Waals surface area contributed by atoms with Crippen molar-refractivity contribution in [3.8, 4) is 23.0 Å². The number of nitrogen functional groups attached to an aromatic ring is 1. The van der Waals surface area contributed by atoms with E-state index in [1.807, 2.05) is 18.2 Å². The summed E-state index contributed by atoms with van der Waals surface area (Å²) in [4.78, 5) is 25.7. The maximum atomic E-state index is 13.2. The Morgan fingerprint density at radius 1 is 0.955 bits per heavy atom. The first-order chi connectivity index (χ1) is 21.4. The number of rotatable bonds is 11. The number of ether oxygens (including phenoxy) is 4. The number of phenolic OH excluding ortho intramolecular Hbond substituents is 1. The van der Waals surface area contributed by atoms with E-state index in [0.717, 1.165) is 0 Å². The van der Waals surface area contributed by atoms with Crippen molar-refractivity contribution < 1.29 is 33.6 Å². The zero-order chi connectivity index (χ0) is 30.9. The molecule has 0 saturated heterocycles. The summed E-state index contributed by atoms with van der Waals surface area (Å²) in [5, 5.41) is 16.3. The molecule has 0 bridgehead atoms. The van der Waals surface area contributed by atoms with Gasteiger partial charge in [-0.15, -0.1) is 0 Å². The standard InChI is InChI=1S/C33H30BrN3O7/c34-21-14-16-27(38)24(18-21)32(44-33(40)36-22-15-17-28-30(19-22)42-20-41-28)29(43-23-8-2-1-3-9-23)12-6-7-13-31(39)37-26-11-5-4-10-25(26)35/h1-5,7-11,13-19,29,32,38H,6,12,20,35H2,(H,36,40)(H,37,39)/b13-7+/t29-,32-/m0/s1. The molecular weight excluding hydrogens is 630 g/mol. The number of hydrogen-bond donors (Lipinski definition) is 4. The fraction of sp³-hybridized carbons (Fsp3) is 0.152. The Morgan fingerprint density at radius 3 is 2.55 bits per heavy atom. The Kier molecular flexibility index (Phi) is 9.88. The molecular formula is C33H30BrN3O7. The van der Waals surface area contributed by atoms with Gasteiger partial charge < -0.3 is 35.1 Å². The number of carbonyl (C=O) groups excluding carboxylic acids is 2. The molecule has 0 spiro atoms. The molecule has 1 aliphatic rings. The summed E-state index contributed by atoms with van der Waals surface area (Å²) in [6.45, 7) is 0.0996. The minimum atomic E-state index is -1.05. The molecule has 0 saturated carbocycles. The van der Waals surface area contributed by atoms with Crippen molar-refractivity contribution in [3.05, 3.63) is 113 Å². The van der Waals surface area contributed by atoms with E-state index in [0.29, 0.717) is 57.2 Å². The number of hydrogen-bond acceptors (Lipinski definition) is 8. The van der Waals surface area contributed by atoms with E-state index < -0.39 is 18.3 Å². The quantitative estimate of drug-likeness (QED) is 0.0980. The topological polar surface area (TPSA) is 141 Å². The van der Waals surface area contributed by atoms with Crippen LogP contribution < -0.4 is 30.6 Å². The molecule has 2 atom stereocenters. The zero-order valence-electron chi connectivity index (χ0n) is 23.4. The molecule has 2 amide bonds. The third-order valence-electron chi connectivity index (χ3n) is 6.62. The number of anilines is 3. The summed E-state index contributed by atoms with van der Waals surface area (Å²) in [5.41, 5.74) is 7.66. The molecule has 5 rings (SSSR count). The van der Waals surface area contributed by atoms with Crippen LogP contribution in [0.25, 0.3) is 0 Å². The number of nitrogens with one attached hydrogen (secondary N) is 2. The average Bonchev–Trinajstić information content (AvgIpc) is 3.49. The first-order valence-electron chi connectivity index (χ1n) is 13.7. The van der Waals surface area contributed by atoms with Crippen LogP contribution >= 0.6 is 15.9 Å². The summed E-state index contributed by atoms with van der Waals surface area (Å²) in [6.07, 6.45) is 1.22. The maximum Gasteiger partial charge on any atom is 0.412 e. The monoisotopic (exact) mass is 659 g/mol. The number of halogens is 1. The molecule has 4 aromatic carbocycles.